The molecule has 0 saturated carbocycles. The van der Waals surface area contributed by atoms with E-state index in [1.165, 1.54) is 6.33 Å². The van der Waals surface area contributed by atoms with Crippen molar-refractivity contribution in [2.45, 2.75) is 44.3 Å². The van der Waals surface area contributed by atoms with Crippen molar-refractivity contribution in [3.05, 3.63) is 112 Å². The van der Waals surface area contributed by atoms with Gasteiger partial charge in [-0.25, -0.2) is 4.98 Å². The molecule has 0 aliphatic carbocycles. The second-order valence-corrected chi connectivity index (χ2v) is 11.6. The Balaban J connectivity index is 1.33. The summed E-state index contributed by atoms with van der Waals surface area (Å²) in [5, 5.41) is 13.9. The number of hydrogen-bond acceptors (Lipinski definition) is 9. The molecular weight excluding hydrogens is 602 g/mol. The Morgan fingerprint density at radius 2 is 1.60 bits per heavy atom. The number of aliphatic hydroxyl groups is 1. The van der Waals surface area contributed by atoms with Gasteiger partial charge >= 0.3 is 0 Å². The number of imidazole rings is 1. The van der Waals surface area contributed by atoms with Crippen molar-refractivity contribution >= 4 is 23.0 Å². The molecule has 0 bridgehead atoms. The highest BCUT2D eigenvalue weighted by atomic mass is 16.6. The first-order valence-corrected chi connectivity index (χ1v) is 15.3. The summed E-state index contributed by atoms with van der Waals surface area (Å²) in [6.07, 6.45) is -0.686. The summed E-state index contributed by atoms with van der Waals surface area (Å²) in [5.74, 6) is 0.810. The molecular formula is C35H37N5O7. The van der Waals surface area contributed by atoms with Gasteiger partial charge in [0, 0.05) is 12.3 Å². The molecule has 6 rings (SSSR count). The molecule has 1 aliphatic heterocycles. The predicted octanol–water partition coefficient (Wildman–Crippen LogP) is 4.39. The summed E-state index contributed by atoms with van der Waals surface area (Å²) in [4.78, 5) is 36.3. The maximum absolute atomic E-state index is 12.8. The summed E-state index contributed by atoms with van der Waals surface area (Å²) in [6, 6.07) is 25.2. The molecule has 244 valence electrons. The van der Waals surface area contributed by atoms with Gasteiger partial charge in [-0.1, -0.05) is 68.4 Å². The van der Waals surface area contributed by atoms with Crippen LogP contribution in [-0.4, -0.2) is 63.6 Å². The number of nitrogens with zero attached hydrogens (tertiary/aromatic N) is 3. The van der Waals surface area contributed by atoms with E-state index in [0.717, 1.165) is 16.7 Å². The van der Waals surface area contributed by atoms with Crippen LogP contribution >= 0.6 is 0 Å². The standard InChI is InChI=1S/C35H37N5O7/c1-21(2)32(42)38-34-37-31-30(33(43)39-34)36-20-40(31)29-18-27(41)28(47-29)19-46-35(22-8-6-5-7-9-22,23-10-14-25(44-3)15-11-23)24-12-16-26(45-4)17-13-24/h5-17,20-21,27-29,41H,18-19H2,1-4H3,(H2,37,38,39,42,43)/t27-,28-,29-/m0/s1. The summed E-state index contributed by atoms with van der Waals surface area (Å²) in [7, 11) is 3.23. The normalized spacial score (nSPS) is 18.0. The SMILES string of the molecule is COc1ccc(C(OC[C@@H]2O[C@H](n3cnc4c(=O)[nH]c(NC(=O)C(C)C)nc43)C[C@@H]2O)(c2ccccc2)c2ccc(OC)cc2)cc1. The third kappa shape index (κ3) is 6.22. The molecule has 2 aromatic heterocycles. The van der Waals surface area contributed by atoms with Crippen molar-refractivity contribution < 1.29 is 28.8 Å². The number of carbonyl (C=O) groups is 1. The van der Waals surface area contributed by atoms with Crippen LogP contribution < -0.4 is 20.3 Å². The molecule has 1 aliphatic rings. The van der Waals surface area contributed by atoms with Crippen molar-refractivity contribution in [3.63, 3.8) is 0 Å². The van der Waals surface area contributed by atoms with Gasteiger partial charge in [-0.05, 0) is 41.0 Å². The second-order valence-electron chi connectivity index (χ2n) is 11.6. The number of nitrogens with one attached hydrogen (secondary N) is 2. The molecule has 1 fully saturated rings. The van der Waals surface area contributed by atoms with E-state index in [1.54, 1.807) is 32.6 Å². The van der Waals surface area contributed by atoms with Crippen LogP contribution in [0.25, 0.3) is 11.2 Å². The number of hydrogen-bond donors (Lipinski definition) is 3. The Morgan fingerprint density at radius 3 is 2.17 bits per heavy atom. The zero-order valence-corrected chi connectivity index (χ0v) is 26.5. The molecule has 3 aromatic carbocycles. The molecule has 1 saturated heterocycles. The van der Waals surface area contributed by atoms with Crippen LogP contribution in [0.3, 0.4) is 0 Å². The zero-order valence-electron chi connectivity index (χ0n) is 26.5. The van der Waals surface area contributed by atoms with Crippen LogP contribution in [0.15, 0.2) is 90.0 Å². The van der Waals surface area contributed by atoms with Gasteiger partial charge < -0.3 is 24.1 Å². The van der Waals surface area contributed by atoms with E-state index in [-0.39, 0.29) is 42.0 Å². The van der Waals surface area contributed by atoms with Gasteiger partial charge in [-0.3, -0.25) is 24.5 Å². The fourth-order valence-electron chi connectivity index (χ4n) is 5.77. The molecule has 12 nitrogen and oxygen atoms in total. The fraction of sp³-hybridized carbons (Fsp3) is 0.314. The average molecular weight is 640 g/mol. The molecule has 0 radical (unpaired) electrons. The van der Waals surface area contributed by atoms with Crippen molar-refractivity contribution in [1.82, 2.24) is 19.5 Å². The minimum absolute atomic E-state index is 0.00741. The van der Waals surface area contributed by atoms with Crippen LogP contribution in [0, 0.1) is 5.92 Å². The highest BCUT2D eigenvalue weighted by molar-refractivity contribution is 5.91. The molecule has 0 spiro atoms. The van der Waals surface area contributed by atoms with E-state index >= 15 is 0 Å². The Kier molecular flexibility index (Phi) is 9.08. The van der Waals surface area contributed by atoms with E-state index < -0.39 is 29.6 Å². The van der Waals surface area contributed by atoms with E-state index in [2.05, 4.69) is 20.3 Å². The number of rotatable bonds is 11. The van der Waals surface area contributed by atoms with Gasteiger partial charge in [-0.15, -0.1) is 0 Å². The quantitative estimate of drug-likeness (QED) is 0.179. The molecule has 3 N–H and O–H groups in total. The van der Waals surface area contributed by atoms with E-state index in [4.69, 9.17) is 18.9 Å². The number of anilines is 1. The number of aliphatic hydroxyl groups excluding tert-OH is 1. The third-order valence-corrected chi connectivity index (χ3v) is 8.35. The van der Waals surface area contributed by atoms with Gasteiger partial charge in [0.2, 0.25) is 11.9 Å². The Labute approximate surface area is 271 Å². The largest absolute Gasteiger partial charge is 0.497 e. The fourth-order valence-corrected chi connectivity index (χ4v) is 5.77. The lowest BCUT2D eigenvalue weighted by atomic mass is 9.80. The highest BCUT2D eigenvalue weighted by Crippen LogP contribution is 2.43. The van der Waals surface area contributed by atoms with E-state index in [0.29, 0.717) is 11.5 Å². The lowest BCUT2D eigenvalue weighted by molar-refractivity contribution is -0.118. The minimum Gasteiger partial charge on any atom is -0.497 e. The number of amides is 1. The van der Waals surface area contributed by atoms with Crippen molar-refractivity contribution in [1.29, 1.82) is 0 Å². The van der Waals surface area contributed by atoms with Crippen LogP contribution in [0.4, 0.5) is 5.95 Å². The topological polar surface area (TPSA) is 150 Å². The van der Waals surface area contributed by atoms with Crippen LogP contribution in [0.2, 0.25) is 0 Å². The lowest BCUT2D eigenvalue weighted by Crippen LogP contribution is -2.38. The lowest BCUT2D eigenvalue weighted by Gasteiger charge is -2.37. The first-order valence-electron chi connectivity index (χ1n) is 15.3. The average Bonchev–Trinajstić information content (AvgIpc) is 3.69. The summed E-state index contributed by atoms with van der Waals surface area (Å²) in [5.41, 5.74) is 1.28. The summed E-state index contributed by atoms with van der Waals surface area (Å²) in [6.45, 7) is 3.49. The molecule has 12 heteroatoms. The van der Waals surface area contributed by atoms with Gasteiger partial charge in [0.1, 0.15) is 29.4 Å². The van der Waals surface area contributed by atoms with Crippen LogP contribution in [0.1, 0.15) is 43.2 Å². The number of ether oxygens (including phenoxy) is 4. The molecule has 1 amide bonds. The van der Waals surface area contributed by atoms with Gasteiger partial charge in [-0.2, -0.15) is 4.98 Å². The predicted molar refractivity (Wildman–Crippen MR) is 174 cm³/mol. The first kappa shape index (κ1) is 31.9. The zero-order chi connectivity index (χ0) is 33.1. The number of fused-ring (bicyclic) bond motifs is 1. The molecule has 5 aromatic rings. The van der Waals surface area contributed by atoms with Crippen LogP contribution in [0.5, 0.6) is 11.5 Å². The molecule has 47 heavy (non-hydrogen) atoms. The van der Waals surface area contributed by atoms with Gasteiger partial charge in [0.15, 0.2) is 11.2 Å². The number of aromatic amines is 1. The second kappa shape index (κ2) is 13.4. The van der Waals surface area contributed by atoms with Gasteiger partial charge in [0.25, 0.3) is 5.56 Å². The van der Waals surface area contributed by atoms with Crippen LogP contribution in [-0.2, 0) is 19.9 Å². The smallest absolute Gasteiger partial charge is 0.280 e. The van der Waals surface area contributed by atoms with Gasteiger partial charge in [0.05, 0.1) is 33.3 Å². The first-order chi connectivity index (χ1) is 22.7. The highest BCUT2D eigenvalue weighted by Gasteiger charge is 2.42. The van der Waals surface area contributed by atoms with Crippen molar-refractivity contribution in [2.24, 2.45) is 5.92 Å². The maximum atomic E-state index is 12.8. The maximum Gasteiger partial charge on any atom is 0.280 e. The third-order valence-electron chi connectivity index (χ3n) is 8.35. The Morgan fingerprint density at radius 1 is 1.00 bits per heavy atom. The molecule has 3 atom stereocenters. The summed E-state index contributed by atoms with van der Waals surface area (Å²) < 4.78 is 25.8. The monoisotopic (exact) mass is 639 g/mol. The summed E-state index contributed by atoms with van der Waals surface area (Å²) >= 11 is 0. The molecule has 3 heterocycles. The van der Waals surface area contributed by atoms with E-state index in [9.17, 15) is 14.7 Å². The number of methoxy groups -OCH3 is 2. The van der Waals surface area contributed by atoms with E-state index in [1.807, 2.05) is 78.9 Å². The Bertz CT molecular complexity index is 1840. The minimum atomic E-state index is -1.10. The number of benzene rings is 3. The molecule has 0 unspecified atom stereocenters. The number of aromatic nitrogens is 4. The number of carbonyl (C=O) groups excluding carboxylic acids is 1. The Hall–Kier alpha value is -5.04. The van der Waals surface area contributed by atoms with Crippen molar-refractivity contribution in [3.8, 4) is 11.5 Å². The van der Waals surface area contributed by atoms with Crippen molar-refractivity contribution in [2.75, 3.05) is 26.1 Å². The number of H-pyrrole nitrogens is 1.